The molecule has 0 amide bonds. The maximum absolute atomic E-state index is 12.3. The minimum atomic E-state index is -1.24. The van der Waals surface area contributed by atoms with Crippen LogP contribution in [0, 0.1) is 0 Å². The molecule has 0 aromatic heterocycles. The molecule has 2 atom stereocenters. The number of methoxy groups -OCH3 is 1. The average Bonchev–Trinajstić information content (AvgIpc) is 1.64. The highest BCUT2D eigenvalue weighted by molar-refractivity contribution is 4.69. The van der Waals surface area contributed by atoms with Crippen LogP contribution in [0.25, 0.3) is 0 Å². The summed E-state index contributed by atoms with van der Waals surface area (Å²) in [7, 11) is 1.30. The van der Waals surface area contributed by atoms with E-state index in [1.54, 1.807) is 0 Å². The molecule has 56 valence electrons. The third-order valence-corrected chi connectivity index (χ3v) is 1.18. The van der Waals surface area contributed by atoms with Crippen molar-refractivity contribution in [3.63, 3.8) is 0 Å². The van der Waals surface area contributed by atoms with Crippen LogP contribution in [0.4, 0.5) is 8.78 Å². The zero-order valence-corrected chi connectivity index (χ0v) is 5.90. The number of ether oxygens (including phenoxy) is 1. The SMILES string of the molecule is COC(C(C)F)C(C)F. The molecule has 9 heavy (non-hydrogen) atoms. The Labute approximate surface area is 54.0 Å². The molecule has 0 saturated heterocycles. The molecule has 0 fully saturated rings. The van der Waals surface area contributed by atoms with Crippen molar-refractivity contribution in [1.82, 2.24) is 0 Å². The zero-order valence-electron chi connectivity index (χ0n) is 5.90. The van der Waals surface area contributed by atoms with Crippen LogP contribution in [-0.4, -0.2) is 25.6 Å². The Morgan fingerprint density at radius 2 is 1.44 bits per heavy atom. The first-order valence-corrected chi connectivity index (χ1v) is 2.90. The third-order valence-electron chi connectivity index (χ3n) is 1.18. The summed E-state index contributed by atoms with van der Waals surface area (Å²) in [6, 6.07) is 0. The highest BCUT2D eigenvalue weighted by Gasteiger charge is 2.22. The van der Waals surface area contributed by atoms with Crippen LogP contribution in [-0.2, 0) is 4.74 Å². The van der Waals surface area contributed by atoms with Gasteiger partial charge in [0.25, 0.3) is 0 Å². The largest absolute Gasteiger partial charge is 0.375 e. The smallest absolute Gasteiger partial charge is 0.126 e. The van der Waals surface area contributed by atoms with E-state index >= 15 is 0 Å². The van der Waals surface area contributed by atoms with E-state index in [1.807, 2.05) is 0 Å². The van der Waals surface area contributed by atoms with E-state index in [2.05, 4.69) is 4.74 Å². The number of rotatable bonds is 3. The summed E-state index contributed by atoms with van der Waals surface area (Å²) in [5, 5.41) is 0. The monoisotopic (exact) mass is 138 g/mol. The summed E-state index contributed by atoms with van der Waals surface area (Å²) >= 11 is 0. The topological polar surface area (TPSA) is 9.23 Å². The highest BCUT2D eigenvalue weighted by Crippen LogP contribution is 2.09. The van der Waals surface area contributed by atoms with Gasteiger partial charge in [0.15, 0.2) is 0 Å². The Hall–Kier alpha value is -0.180. The van der Waals surface area contributed by atoms with E-state index in [0.717, 1.165) is 0 Å². The normalized spacial score (nSPS) is 21.0. The molecule has 0 aromatic rings. The summed E-state index contributed by atoms with van der Waals surface area (Å²) in [5.41, 5.74) is 0. The lowest BCUT2D eigenvalue weighted by Crippen LogP contribution is -2.30. The van der Waals surface area contributed by atoms with E-state index in [9.17, 15) is 8.78 Å². The molecule has 0 saturated carbocycles. The van der Waals surface area contributed by atoms with Crippen LogP contribution in [0.2, 0.25) is 0 Å². The number of hydrogen-bond acceptors (Lipinski definition) is 1. The van der Waals surface area contributed by atoms with Crippen LogP contribution < -0.4 is 0 Å². The molecule has 0 N–H and O–H groups in total. The van der Waals surface area contributed by atoms with Gasteiger partial charge in [-0.15, -0.1) is 0 Å². The van der Waals surface area contributed by atoms with Crippen LogP contribution >= 0.6 is 0 Å². The molecule has 0 heterocycles. The summed E-state index contributed by atoms with van der Waals surface area (Å²) < 4.78 is 29.0. The van der Waals surface area contributed by atoms with E-state index in [1.165, 1.54) is 21.0 Å². The molecular weight excluding hydrogens is 126 g/mol. The van der Waals surface area contributed by atoms with Crippen LogP contribution in [0.5, 0.6) is 0 Å². The molecule has 2 unspecified atom stereocenters. The van der Waals surface area contributed by atoms with Crippen LogP contribution in [0.15, 0.2) is 0 Å². The lowest BCUT2D eigenvalue weighted by Gasteiger charge is -2.16. The molecule has 0 aromatic carbocycles. The van der Waals surface area contributed by atoms with E-state index in [0.29, 0.717) is 0 Å². The Kier molecular flexibility index (Phi) is 3.70. The van der Waals surface area contributed by atoms with Gasteiger partial charge in [-0.2, -0.15) is 0 Å². The summed E-state index contributed by atoms with van der Waals surface area (Å²) in [5.74, 6) is 0. The van der Waals surface area contributed by atoms with Gasteiger partial charge in [-0.25, -0.2) is 8.78 Å². The van der Waals surface area contributed by atoms with Crippen molar-refractivity contribution in [1.29, 1.82) is 0 Å². The molecule has 0 aliphatic heterocycles. The second kappa shape index (κ2) is 3.77. The van der Waals surface area contributed by atoms with Gasteiger partial charge in [-0.05, 0) is 13.8 Å². The highest BCUT2D eigenvalue weighted by atomic mass is 19.1. The Balaban J connectivity index is 3.68. The Bertz CT molecular complexity index is 65.5. The van der Waals surface area contributed by atoms with Crippen molar-refractivity contribution in [2.45, 2.75) is 32.3 Å². The van der Waals surface area contributed by atoms with Gasteiger partial charge in [0, 0.05) is 7.11 Å². The molecule has 0 aliphatic rings. The fourth-order valence-corrected chi connectivity index (χ4v) is 0.740. The van der Waals surface area contributed by atoms with Gasteiger partial charge < -0.3 is 4.74 Å². The van der Waals surface area contributed by atoms with Gasteiger partial charge in [0.2, 0.25) is 0 Å². The number of halogens is 2. The Morgan fingerprint density at radius 1 is 1.11 bits per heavy atom. The van der Waals surface area contributed by atoms with Crippen molar-refractivity contribution >= 4 is 0 Å². The van der Waals surface area contributed by atoms with Crippen molar-refractivity contribution < 1.29 is 13.5 Å². The molecule has 0 rings (SSSR count). The third kappa shape index (κ3) is 2.75. The standard InChI is InChI=1S/C6H12F2O/c1-4(7)6(9-3)5(2)8/h4-6H,1-3H3. The summed E-state index contributed by atoms with van der Waals surface area (Å²) in [6.45, 7) is 2.56. The lowest BCUT2D eigenvalue weighted by atomic mass is 10.2. The fourth-order valence-electron chi connectivity index (χ4n) is 0.740. The van der Waals surface area contributed by atoms with E-state index < -0.39 is 18.4 Å². The average molecular weight is 138 g/mol. The van der Waals surface area contributed by atoms with Crippen molar-refractivity contribution in [3.8, 4) is 0 Å². The summed E-state index contributed by atoms with van der Waals surface area (Å²) in [4.78, 5) is 0. The first kappa shape index (κ1) is 8.82. The van der Waals surface area contributed by atoms with Crippen molar-refractivity contribution in [3.05, 3.63) is 0 Å². The Morgan fingerprint density at radius 3 is 1.44 bits per heavy atom. The predicted molar refractivity (Wildman–Crippen MR) is 31.9 cm³/mol. The first-order valence-electron chi connectivity index (χ1n) is 2.90. The number of alkyl halides is 2. The van der Waals surface area contributed by atoms with Gasteiger partial charge >= 0.3 is 0 Å². The lowest BCUT2D eigenvalue weighted by molar-refractivity contribution is -0.00983. The predicted octanol–water partition coefficient (Wildman–Crippen LogP) is 1.72. The molecule has 0 bridgehead atoms. The van der Waals surface area contributed by atoms with Gasteiger partial charge in [-0.1, -0.05) is 0 Å². The molecule has 3 heteroatoms. The molecular formula is C6H12F2O. The van der Waals surface area contributed by atoms with Gasteiger partial charge in [0.05, 0.1) is 0 Å². The van der Waals surface area contributed by atoms with E-state index in [4.69, 9.17) is 0 Å². The minimum Gasteiger partial charge on any atom is -0.375 e. The van der Waals surface area contributed by atoms with Crippen molar-refractivity contribution in [2.24, 2.45) is 0 Å². The number of hydrogen-bond donors (Lipinski definition) is 0. The van der Waals surface area contributed by atoms with E-state index in [-0.39, 0.29) is 0 Å². The van der Waals surface area contributed by atoms with Gasteiger partial charge in [-0.3, -0.25) is 0 Å². The van der Waals surface area contributed by atoms with Crippen LogP contribution in [0.1, 0.15) is 13.8 Å². The maximum atomic E-state index is 12.3. The second-order valence-electron chi connectivity index (χ2n) is 2.06. The molecule has 0 radical (unpaired) electrons. The minimum absolute atomic E-state index is 0.912. The molecule has 0 spiro atoms. The first-order chi connectivity index (χ1) is 4.09. The van der Waals surface area contributed by atoms with Crippen molar-refractivity contribution in [2.75, 3.05) is 7.11 Å². The fraction of sp³-hybridized carbons (Fsp3) is 1.00. The maximum Gasteiger partial charge on any atom is 0.126 e. The molecule has 1 nitrogen and oxygen atoms in total. The second-order valence-corrected chi connectivity index (χ2v) is 2.06. The molecule has 0 aliphatic carbocycles. The quantitative estimate of drug-likeness (QED) is 0.577. The zero-order chi connectivity index (χ0) is 7.44. The van der Waals surface area contributed by atoms with Gasteiger partial charge in [0.1, 0.15) is 18.4 Å². The summed E-state index contributed by atoms with van der Waals surface area (Å²) in [6.07, 6.45) is -3.39. The van der Waals surface area contributed by atoms with Crippen LogP contribution in [0.3, 0.4) is 0 Å².